The van der Waals surface area contributed by atoms with Crippen LogP contribution in [0.5, 0.6) is 5.75 Å². The van der Waals surface area contributed by atoms with Crippen LogP contribution >= 0.6 is 0 Å². The van der Waals surface area contributed by atoms with Gasteiger partial charge in [-0.3, -0.25) is 4.79 Å². The number of hydrogen-bond donors (Lipinski definition) is 0. The minimum atomic E-state index is -0.362. The van der Waals surface area contributed by atoms with Crippen molar-refractivity contribution in [3.8, 4) is 5.75 Å². The maximum atomic E-state index is 11.1. The molecule has 0 aliphatic carbocycles. The summed E-state index contributed by atoms with van der Waals surface area (Å²) in [5.41, 5.74) is 4.07. The maximum Gasteiger partial charge on any atom is 0.308 e. The number of aromatic nitrogens is 2. The Morgan fingerprint density at radius 1 is 1.00 bits per heavy atom. The monoisotopic (exact) mass is 252 g/mol. The van der Waals surface area contributed by atoms with Crippen LogP contribution in [0.4, 0.5) is 0 Å². The lowest BCUT2D eigenvalue weighted by Crippen LogP contribution is -2.02. The highest BCUT2D eigenvalue weighted by Crippen LogP contribution is 2.25. The molecular formula is C15H12N2O2. The van der Waals surface area contributed by atoms with Gasteiger partial charge in [0.05, 0.1) is 16.6 Å². The lowest BCUT2D eigenvalue weighted by molar-refractivity contribution is -0.131. The molecular weight excluding hydrogens is 240 g/mol. The van der Waals surface area contributed by atoms with Gasteiger partial charge in [0.25, 0.3) is 0 Å². The molecule has 4 heteroatoms. The van der Waals surface area contributed by atoms with Crippen LogP contribution in [-0.2, 0) is 4.79 Å². The van der Waals surface area contributed by atoms with Crippen LogP contribution in [0, 0.1) is 6.92 Å². The average Bonchev–Trinajstić information content (AvgIpc) is 2.37. The molecule has 0 fully saturated rings. The van der Waals surface area contributed by atoms with E-state index in [0.29, 0.717) is 11.3 Å². The van der Waals surface area contributed by atoms with Gasteiger partial charge in [0.1, 0.15) is 5.52 Å². The molecule has 4 nitrogen and oxygen atoms in total. The highest BCUT2D eigenvalue weighted by molar-refractivity contribution is 5.91. The Labute approximate surface area is 110 Å². The van der Waals surface area contributed by atoms with Crippen molar-refractivity contribution < 1.29 is 9.53 Å². The molecule has 19 heavy (non-hydrogen) atoms. The summed E-state index contributed by atoms with van der Waals surface area (Å²) in [4.78, 5) is 20.2. The van der Waals surface area contributed by atoms with Gasteiger partial charge >= 0.3 is 5.97 Å². The fourth-order valence-electron chi connectivity index (χ4n) is 2.07. The fraction of sp³-hybridized carbons (Fsp3) is 0.133. The molecule has 0 saturated carbocycles. The lowest BCUT2D eigenvalue weighted by Gasteiger charge is -2.07. The van der Waals surface area contributed by atoms with Crippen LogP contribution in [0.3, 0.4) is 0 Å². The number of fused-ring (bicyclic) bond motifs is 2. The van der Waals surface area contributed by atoms with E-state index in [1.54, 1.807) is 12.1 Å². The molecule has 0 bridgehead atoms. The van der Waals surface area contributed by atoms with Crippen molar-refractivity contribution in [2.24, 2.45) is 0 Å². The second-order valence-corrected chi connectivity index (χ2v) is 4.38. The summed E-state index contributed by atoms with van der Waals surface area (Å²) in [6, 6.07) is 11.2. The number of carbonyl (C=O) groups is 1. The normalized spacial score (nSPS) is 10.8. The summed E-state index contributed by atoms with van der Waals surface area (Å²) >= 11 is 0. The molecule has 0 radical (unpaired) electrons. The molecule has 0 spiro atoms. The minimum absolute atomic E-state index is 0.362. The molecule has 1 aromatic heterocycles. The number of benzene rings is 2. The van der Waals surface area contributed by atoms with Crippen molar-refractivity contribution in [2.45, 2.75) is 13.8 Å². The van der Waals surface area contributed by atoms with E-state index < -0.39 is 0 Å². The van der Waals surface area contributed by atoms with Crippen molar-refractivity contribution in [1.29, 1.82) is 0 Å². The number of aryl methyl sites for hydroxylation is 1. The predicted octanol–water partition coefficient (Wildman–Crippen LogP) is 3.02. The van der Waals surface area contributed by atoms with Gasteiger partial charge in [-0.2, -0.15) is 0 Å². The Bertz CT molecular complexity index is 797. The molecule has 0 aliphatic rings. The Hall–Kier alpha value is -2.49. The Morgan fingerprint density at radius 3 is 2.37 bits per heavy atom. The summed E-state index contributed by atoms with van der Waals surface area (Å²) in [6.45, 7) is 3.37. The van der Waals surface area contributed by atoms with Crippen molar-refractivity contribution in [2.75, 3.05) is 0 Å². The van der Waals surface area contributed by atoms with E-state index in [-0.39, 0.29) is 5.97 Å². The number of nitrogens with zero attached hydrogens (tertiary/aromatic N) is 2. The molecule has 94 valence electrons. The predicted molar refractivity (Wildman–Crippen MR) is 73.1 cm³/mol. The number of hydrogen-bond acceptors (Lipinski definition) is 4. The molecule has 3 rings (SSSR count). The molecule has 3 aromatic rings. The smallest absolute Gasteiger partial charge is 0.308 e. The molecule has 0 unspecified atom stereocenters. The zero-order valence-electron chi connectivity index (χ0n) is 10.7. The number of carbonyl (C=O) groups excluding carboxylic acids is 1. The van der Waals surface area contributed by atoms with Crippen molar-refractivity contribution in [3.05, 3.63) is 42.0 Å². The second kappa shape index (κ2) is 4.31. The third-order valence-electron chi connectivity index (χ3n) is 2.91. The first kappa shape index (κ1) is 11.6. The number of esters is 1. The van der Waals surface area contributed by atoms with Gasteiger partial charge in [-0.1, -0.05) is 18.2 Å². The first-order chi connectivity index (χ1) is 9.15. The van der Waals surface area contributed by atoms with Gasteiger partial charge in [-0.25, -0.2) is 9.97 Å². The van der Waals surface area contributed by atoms with E-state index in [0.717, 1.165) is 22.1 Å². The molecule has 0 atom stereocenters. The third kappa shape index (κ3) is 2.01. The first-order valence-corrected chi connectivity index (χ1v) is 5.99. The van der Waals surface area contributed by atoms with Gasteiger partial charge < -0.3 is 4.74 Å². The van der Waals surface area contributed by atoms with Gasteiger partial charge in [0.15, 0.2) is 5.75 Å². The summed E-state index contributed by atoms with van der Waals surface area (Å²) in [7, 11) is 0. The Balaban J connectivity index is 2.35. The number of para-hydroxylation sites is 2. The average molecular weight is 252 g/mol. The summed E-state index contributed by atoms with van der Waals surface area (Å²) in [6.07, 6.45) is 0. The van der Waals surface area contributed by atoms with E-state index in [1.807, 2.05) is 31.2 Å². The van der Waals surface area contributed by atoms with Crippen molar-refractivity contribution >= 4 is 28.0 Å². The lowest BCUT2D eigenvalue weighted by atomic mass is 10.2. The van der Waals surface area contributed by atoms with Crippen molar-refractivity contribution in [1.82, 2.24) is 9.97 Å². The third-order valence-corrected chi connectivity index (χ3v) is 2.91. The molecule has 0 amide bonds. The zero-order chi connectivity index (χ0) is 13.4. The molecule has 0 N–H and O–H groups in total. The second-order valence-electron chi connectivity index (χ2n) is 4.38. The van der Waals surface area contributed by atoms with Crippen LogP contribution in [0.2, 0.25) is 0 Å². The molecule has 1 heterocycles. The molecule has 2 aromatic carbocycles. The minimum Gasteiger partial charge on any atom is -0.424 e. The van der Waals surface area contributed by atoms with Crippen LogP contribution in [-0.4, -0.2) is 15.9 Å². The molecule has 0 aliphatic heterocycles. The topological polar surface area (TPSA) is 52.1 Å². The van der Waals surface area contributed by atoms with E-state index in [4.69, 9.17) is 4.74 Å². The van der Waals surface area contributed by atoms with Gasteiger partial charge in [0.2, 0.25) is 0 Å². The van der Waals surface area contributed by atoms with E-state index in [9.17, 15) is 4.79 Å². The SMILES string of the molecule is CC(=O)Oc1cccc2nc3c(C)cccc3nc12. The van der Waals surface area contributed by atoms with Crippen LogP contribution in [0.15, 0.2) is 36.4 Å². The largest absolute Gasteiger partial charge is 0.424 e. The highest BCUT2D eigenvalue weighted by atomic mass is 16.5. The Kier molecular flexibility index (Phi) is 2.63. The first-order valence-electron chi connectivity index (χ1n) is 5.99. The van der Waals surface area contributed by atoms with E-state index >= 15 is 0 Å². The van der Waals surface area contributed by atoms with E-state index in [2.05, 4.69) is 9.97 Å². The van der Waals surface area contributed by atoms with Crippen LogP contribution < -0.4 is 4.74 Å². The summed E-state index contributed by atoms with van der Waals surface area (Å²) in [5.74, 6) is 0.0829. The van der Waals surface area contributed by atoms with Gasteiger partial charge in [-0.05, 0) is 30.7 Å². The Morgan fingerprint density at radius 2 is 1.63 bits per heavy atom. The zero-order valence-corrected chi connectivity index (χ0v) is 10.7. The van der Waals surface area contributed by atoms with Gasteiger partial charge in [0, 0.05) is 6.92 Å². The van der Waals surface area contributed by atoms with Crippen molar-refractivity contribution in [3.63, 3.8) is 0 Å². The van der Waals surface area contributed by atoms with Crippen LogP contribution in [0.25, 0.3) is 22.1 Å². The quantitative estimate of drug-likeness (QED) is 0.379. The van der Waals surface area contributed by atoms with Crippen LogP contribution in [0.1, 0.15) is 12.5 Å². The fourth-order valence-corrected chi connectivity index (χ4v) is 2.07. The number of ether oxygens (including phenoxy) is 1. The maximum absolute atomic E-state index is 11.1. The summed E-state index contributed by atoms with van der Waals surface area (Å²) < 4.78 is 5.17. The molecule has 0 saturated heterocycles. The summed E-state index contributed by atoms with van der Waals surface area (Å²) in [5, 5.41) is 0. The highest BCUT2D eigenvalue weighted by Gasteiger charge is 2.09. The van der Waals surface area contributed by atoms with E-state index in [1.165, 1.54) is 6.92 Å². The standard InChI is InChI=1S/C15H12N2O2/c1-9-5-3-6-11-14(9)16-12-7-4-8-13(15(12)17-11)19-10(2)18/h3-8H,1-2H3. The number of rotatable bonds is 1. The van der Waals surface area contributed by atoms with Gasteiger partial charge in [-0.15, -0.1) is 0 Å².